The van der Waals surface area contributed by atoms with Gasteiger partial charge in [-0.2, -0.15) is 0 Å². The molecule has 0 N–H and O–H groups in total. The largest absolute Gasteiger partial charge is 0.494 e. The Bertz CT molecular complexity index is 863. The summed E-state index contributed by atoms with van der Waals surface area (Å²) in [6.07, 6.45) is 6.13. The first-order valence-electron chi connectivity index (χ1n) is 11.0. The number of benzene rings is 1. The molecule has 0 bridgehead atoms. The summed E-state index contributed by atoms with van der Waals surface area (Å²) in [5.41, 5.74) is 1.84. The fraction of sp³-hybridized carbons (Fsp3) is 0.652. The minimum Gasteiger partial charge on any atom is -0.399 e. The summed E-state index contributed by atoms with van der Waals surface area (Å²) in [5.74, 6) is 0.451. The molecule has 29 heavy (non-hydrogen) atoms. The molecule has 154 valence electrons. The smallest absolute Gasteiger partial charge is 0.399 e. The Kier molecular flexibility index (Phi) is 4.11. The van der Waals surface area contributed by atoms with Crippen LogP contribution < -0.4 is 10.4 Å². The number of fused-ring (bicyclic) bond motifs is 2. The van der Waals surface area contributed by atoms with Crippen molar-refractivity contribution in [2.75, 3.05) is 4.90 Å². The lowest BCUT2D eigenvalue weighted by Crippen LogP contribution is -2.51. The van der Waals surface area contributed by atoms with E-state index in [1.807, 2.05) is 32.6 Å². The van der Waals surface area contributed by atoms with E-state index in [0.29, 0.717) is 12.8 Å². The van der Waals surface area contributed by atoms with Gasteiger partial charge in [0.05, 0.1) is 22.7 Å². The molecule has 1 aromatic rings. The van der Waals surface area contributed by atoms with Gasteiger partial charge in [0.15, 0.2) is 0 Å². The predicted octanol–water partition coefficient (Wildman–Crippen LogP) is 3.27. The Hall–Kier alpha value is -1.66. The lowest BCUT2D eigenvalue weighted by Gasteiger charge is -2.37. The first-order chi connectivity index (χ1) is 13.6. The summed E-state index contributed by atoms with van der Waals surface area (Å²) in [5, 5.41) is 0. The number of ketones is 1. The van der Waals surface area contributed by atoms with Gasteiger partial charge < -0.3 is 14.2 Å². The highest BCUT2D eigenvalue weighted by atomic mass is 16.7. The Morgan fingerprint density at radius 2 is 1.59 bits per heavy atom. The fourth-order valence-corrected chi connectivity index (χ4v) is 5.38. The molecule has 5 rings (SSSR count). The van der Waals surface area contributed by atoms with Crippen molar-refractivity contribution in [2.24, 2.45) is 0 Å². The molecule has 6 heteroatoms. The average molecular weight is 395 g/mol. The van der Waals surface area contributed by atoms with Gasteiger partial charge >= 0.3 is 7.12 Å². The molecule has 1 amide bonds. The zero-order valence-corrected chi connectivity index (χ0v) is 17.9. The maximum atomic E-state index is 13.7. The zero-order chi connectivity index (χ0) is 20.6. The topological polar surface area (TPSA) is 55.8 Å². The van der Waals surface area contributed by atoms with Crippen molar-refractivity contribution in [1.29, 1.82) is 0 Å². The predicted molar refractivity (Wildman–Crippen MR) is 112 cm³/mol. The van der Waals surface area contributed by atoms with Gasteiger partial charge in [-0.1, -0.05) is 31.4 Å². The van der Waals surface area contributed by atoms with E-state index in [0.717, 1.165) is 42.4 Å². The highest BCUT2D eigenvalue weighted by molar-refractivity contribution is 6.62. The molecule has 1 aromatic carbocycles. The lowest BCUT2D eigenvalue weighted by atomic mass is 9.69. The highest BCUT2D eigenvalue weighted by Gasteiger charge is 2.56. The molecule has 2 aliphatic carbocycles. The Labute approximate surface area is 173 Å². The van der Waals surface area contributed by atoms with E-state index in [2.05, 4.69) is 18.2 Å². The van der Waals surface area contributed by atoms with Crippen molar-refractivity contribution in [3.8, 4) is 0 Å². The van der Waals surface area contributed by atoms with E-state index >= 15 is 0 Å². The van der Waals surface area contributed by atoms with Crippen LogP contribution in [0.25, 0.3) is 0 Å². The van der Waals surface area contributed by atoms with E-state index in [1.54, 1.807) is 0 Å². The SMILES string of the molecule is CC1(C)OB(c2ccc3c(c2)N(C2CC(=O)C2)C(=O)C32CCCCC2)OC1(C)C. The van der Waals surface area contributed by atoms with Crippen molar-refractivity contribution in [1.82, 2.24) is 0 Å². The van der Waals surface area contributed by atoms with E-state index in [4.69, 9.17) is 9.31 Å². The quantitative estimate of drug-likeness (QED) is 0.722. The first-order valence-corrected chi connectivity index (χ1v) is 11.0. The number of carbonyl (C=O) groups is 2. The fourth-order valence-electron chi connectivity index (χ4n) is 5.38. The lowest BCUT2D eigenvalue weighted by molar-refractivity contribution is -0.128. The Morgan fingerprint density at radius 1 is 0.966 bits per heavy atom. The number of amides is 1. The van der Waals surface area contributed by atoms with Gasteiger partial charge in [-0.15, -0.1) is 0 Å². The number of rotatable bonds is 2. The van der Waals surface area contributed by atoms with Gasteiger partial charge in [0.25, 0.3) is 0 Å². The molecule has 2 heterocycles. The average Bonchev–Trinajstić information content (AvgIpc) is 3.00. The molecule has 2 aliphatic heterocycles. The summed E-state index contributed by atoms with van der Waals surface area (Å²) < 4.78 is 12.5. The number of hydrogen-bond acceptors (Lipinski definition) is 4. The maximum Gasteiger partial charge on any atom is 0.494 e. The summed E-state index contributed by atoms with van der Waals surface area (Å²) in [6.45, 7) is 8.20. The summed E-state index contributed by atoms with van der Waals surface area (Å²) in [4.78, 5) is 27.3. The zero-order valence-electron chi connectivity index (χ0n) is 17.9. The molecule has 0 atom stereocenters. The molecule has 5 nitrogen and oxygen atoms in total. The third kappa shape index (κ3) is 2.68. The van der Waals surface area contributed by atoms with Crippen molar-refractivity contribution in [3.63, 3.8) is 0 Å². The van der Waals surface area contributed by atoms with Gasteiger partial charge in [0.2, 0.25) is 5.91 Å². The Balaban J connectivity index is 1.56. The van der Waals surface area contributed by atoms with Crippen molar-refractivity contribution in [3.05, 3.63) is 23.8 Å². The van der Waals surface area contributed by atoms with E-state index in [9.17, 15) is 9.59 Å². The second-order valence-corrected chi connectivity index (χ2v) is 10.3. The number of anilines is 1. The number of carbonyl (C=O) groups excluding carboxylic acids is 2. The summed E-state index contributed by atoms with van der Waals surface area (Å²) in [7, 11) is -0.451. The molecule has 1 saturated heterocycles. The van der Waals surface area contributed by atoms with Crippen LogP contribution in [0.5, 0.6) is 0 Å². The maximum absolute atomic E-state index is 13.7. The van der Waals surface area contributed by atoms with Crippen LogP contribution in [0.15, 0.2) is 18.2 Å². The Morgan fingerprint density at radius 3 is 2.17 bits per heavy atom. The molecule has 4 aliphatic rings. The molecule has 1 spiro atoms. The van der Waals surface area contributed by atoms with Crippen LogP contribution in [0.2, 0.25) is 0 Å². The van der Waals surface area contributed by atoms with Gasteiger partial charge in [-0.05, 0) is 57.6 Å². The normalized spacial score (nSPS) is 27.4. The van der Waals surface area contributed by atoms with Crippen LogP contribution in [-0.4, -0.2) is 36.1 Å². The minimum absolute atomic E-state index is 0.00333. The first kappa shape index (κ1) is 19.3. The second-order valence-electron chi connectivity index (χ2n) is 10.3. The van der Waals surface area contributed by atoms with Gasteiger partial charge in [0, 0.05) is 18.5 Å². The second kappa shape index (κ2) is 6.18. The van der Waals surface area contributed by atoms with Crippen LogP contribution in [0, 0.1) is 0 Å². The van der Waals surface area contributed by atoms with Crippen LogP contribution in [-0.2, 0) is 24.3 Å². The van der Waals surface area contributed by atoms with Crippen LogP contribution >= 0.6 is 0 Å². The van der Waals surface area contributed by atoms with Gasteiger partial charge in [-0.3, -0.25) is 9.59 Å². The molecule has 2 saturated carbocycles. The molecule has 0 radical (unpaired) electrons. The van der Waals surface area contributed by atoms with Crippen LogP contribution in [0.1, 0.15) is 78.2 Å². The molecule has 0 aromatic heterocycles. The van der Waals surface area contributed by atoms with Crippen molar-refractivity contribution < 1.29 is 18.9 Å². The number of nitrogens with zero attached hydrogens (tertiary/aromatic N) is 1. The molecular formula is C23H30BNO4. The third-order valence-corrected chi connectivity index (χ3v) is 7.95. The monoisotopic (exact) mass is 395 g/mol. The standard InChI is InChI=1S/C23H30BNO4/c1-21(2)22(3,4)29-24(28-21)15-8-9-18-19(12-15)25(16-13-17(26)14-16)20(27)23(18)10-6-5-7-11-23/h8-9,12,16H,5-7,10-11,13-14H2,1-4H3. The minimum atomic E-state index is -0.451. The van der Waals surface area contributed by atoms with E-state index in [1.165, 1.54) is 6.42 Å². The van der Waals surface area contributed by atoms with Crippen molar-refractivity contribution >= 4 is 30.0 Å². The van der Waals surface area contributed by atoms with Gasteiger partial charge in [0.1, 0.15) is 5.78 Å². The summed E-state index contributed by atoms with van der Waals surface area (Å²) >= 11 is 0. The summed E-state index contributed by atoms with van der Waals surface area (Å²) in [6, 6.07) is 6.28. The number of Topliss-reactive ketones (excluding diaryl/α,β-unsaturated/α-hetero) is 1. The van der Waals surface area contributed by atoms with Crippen molar-refractivity contribution in [2.45, 2.75) is 95.3 Å². The van der Waals surface area contributed by atoms with E-state index in [-0.39, 0.29) is 17.7 Å². The van der Waals surface area contributed by atoms with Crippen LogP contribution in [0.3, 0.4) is 0 Å². The van der Waals surface area contributed by atoms with E-state index < -0.39 is 23.7 Å². The van der Waals surface area contributed by atoms with Gasteiger partial charge in [-0.25, -0.2) is 0 Å². The van der Waals surface area contributed by atoms with Crippen LogP contribution in [0.4, 0.5) is 5.69 Å². The number of hydrogen-bond donors (Lipinski definition) is 0. The molecular weight excluding hydrogens is 365 g/mol. The molecule has 0 unspecified atom stereocenters. The third-order valence-electron chi connectivity index (χ3n) is 7.95. The highest BCUT2D eigenvalue weighted by Crippen LogP contribution is 2.52. The molecule has 3 fully saturated rings.